The molecule has 1 aromatic rings. The van der Waals surface area contributed by atoms with Crippen molar-refractivity contribution in [2.24, 2.45) is 10.9 Å². The maximum Gasteiger partial charge on any atom is 0.310 e. The summed E-state index contributed by atoms with van der Waals surface area (Å²) in [5.41, 5.74) is 1.19. The first-order valence-electron chi connectivity index (χ1n) is 7.29. The molecule has 1 N–H and O–H groups in total. The van der Waals surface area contributed by atoms with Gasteiger partial charge in [0, 0.05) is 24.6 Å². The zero-order chi connectivity index (χ0) is 16.5. The summed E-state index contributed by atoms with van der Waals surface area (Å²) < 4.78 is 5.79. The van der Waals surface area contributed by atoms with Gasteiger partial charge in [0.1, 0.15) is 0 Å². The fraction of sp³-hybridized carbons (Fsp3) is 0.500. The number of nitrogens with zero attached hydrogens (tertiary/aromatic N) is 2. The monoisotopic (exact) mass is 497 g/mol. The summed E-state index contributed by atoms with van der Waals surface area (Å²) in [6.07, 6.45) is 0. The molecule has 23 heavy (non-hydrogen) atoms. The first-order chi connectivity index (χ1) is 10.5. The smallest absolute Gasteiger partial charge is 0.310 e. The Morgan fingerprint density at radius 2 is 2.00 bits per heavy atom. The van der Waals surface area contributed by atoms with Crippen molar-refractivity contribution in [2.45, 2.75) is 20.4 Å². The number of carbonyl (C=O) groups excluding carboxylic acids is 1. The zero-order valence-electron chi connectivity index (χ0n) is 14.0. The van der Waals surface area contributed by atoms with E-state index in [-0.39, 0.29) is 35.9 Å². The van der Waals surface area contributed by atoms with Gasteiger partial charge in [0.25, 0.3) is 0 Å². The summed E-state index contributed by atoms with van der Waals surface area (Å²) in [6, 6.07) is 8.18. The van der Waals surface area contributed by atoms with Crippen LogP contribution in [0.1, 0.15) is 19.4 Å². The molecular formula is C16H25BrIN3O2. The van der Waals surface area contributed by atoms with Gasteiger partial charge in [-0.3, -0.25) is 9.79 Å². The van der Waals surface area contributed by atoms with Crippen LogP contribution in [-0.2, 0) is 16.1 Å². The molecule has 5 nitrogen and oxygen atoms in total. The van der Waals surface area contributed by atoms with Gasteiger partial charge in [-0.2, -0.15) is 0 Å². The SMILES string of the molecule is CCNC(=NCC(C)C(=O)OC)N(C)Cc1ccc(Br)cc1.I. The lowest BCUT2D eigenvalue weighted by molar-refractivity contribution is -0.144. The molecule has 7 heteroatoms. The summed E-state index contributed by atoms with van der Waals surface area (Å²) in [6.45, 7) is 5.75. The van der Waals surface area contributed by atoms with Crippen molar-refractivity contribution < 1.29 is 9.53 Å². The average molecular weight is 498 g/mol. The Balaban J connectivity index is 0.00000484. The van der Waals surface area contributed by atoms with Crippen LogP contribution in [0.5, 0.6) is 0 Å². The molecule has 130 valence electrons. The van der Waals surface area contributed by atoms with E-state index < -0.39 is 0 Å². The second-order valence-corrected chi connectivity index (χ2v) is 6.02. The first-order valence-corrected chi connectivity index (χ1v) is 8.09. The minimum atomic E-state index is -0.250. The van der Waals surface area contributed by atoms with E-state index in [0.29, 0.717) is 6.54 Å². The van der Waals surface area contributed by atoms with Gasteiger partial charge in [-0.1, -0.05) is 35.0 Å². The molecule has 0 amide bonds. The topological polar surface area (TPSA) is 53.9 Å². The minimum absolute atomic E-state index is 0. The van der Waals surface area contributed by atoms with Crippen molar-refractivity contribution >= 4 is 51.8 Å². The minimum Gasteiger partial charge on any atom is -0.469 e. The molecule has 0 saturated heterocycles. The predicted octanol–water partition coefficient (Wildman–Crippen LogP) is 3.27. The first kappa shape index (κ1) is 22.2. The largest absolute Gasteiger partial charge is 0.469 e. The molecule has 1 unspecified atom stereocenters. The number of esters is 1. The van der Waals surface area contributed by atoms with E-state index in [1.54, 1.807) is 0 Å². The van der Waals surface area contributed by atoms with Gasteiger partial charge < -0.3 is 15.0 Å². The van der Waals surface area contributed by atoms with Crippen molar-refractivity contribution in [1.82, 2.24) is 10.2 Å². The van der Waals surface area contributed by atoms with E-state index in [4.69, 9.17) is 4.74 Å². The second-order valence-electron chi connectivity index (χ2n) is 5.10. The van der Waals surface area contributed by atoms with Gasteiger partial charge in [-0.05, 0) is 24.6 Å². The molecule has 1 aromatic carbocycles. The Bertz CT molecular complexity index is 509. The Morgan fingerprint density at radius 3 is 2.52 bits per heavy atom. The van der Waals surface area contributed by atoms with Crippen LogP contribution in [0.2, 0.25) is 0 Å². The summed E-state index contributed by atoms with van der Waals surface area (Å²) >= 11 is 3.43. The highest BCUT2D eigenvalue weighted by atomic mass is 127. The van der Waals surface area contributed by atoms with E-state index in [9.17, 15) is 4.79 Å². The van der Waals surface area contributed by atoms with Crippen LogP contribution in [0.25, 0.3) is 0 Å². The van der Waals surface area contributed by atoms with E-state index in [0.717, 1.165) is 23.5 Å². The maximum absolute atomic E-state index is 11.4. The van der Waals surface area contributed by atoms with Gasteiger partial charge in [0.15, 0.2) is 5.96 Å². The van der Waals surface area contributed by atoms with Crippen LogP contribution < -0.4 is 5.32 Å². The molecule has 0 aliphatic heterocycles. The molecule has 0 radical (unpaired) electrons. The maximum atomic E-state index is 11.4. The lowest BCUT2D eigenvalue weighted by Crippen LogP contribution is -2.39. The molecule has 1 rings (SSSR count). The molecular weight excluding hydrogens is 473 g/mol. The quantitative estimate of drug-likeness (QED) is 0.283. The number of hydrogen-bond acceptors (Lipinski definition) is 3. The van der Waals surface area contributed by atoms with Crippen molar-refractivity contribution in [3.63, 3.8) is 0 Å². The van der Waals surface area contributed by atoms with Crippen LogP contribution in [0, 0.1) is 5.92 Å². The van der Waals surface area contributed by atoms with Crippen LogP contribution in [0.4, 0.5) is 0 Å². The van der Waals surface area contributed by atoms with Gasteiger partial charge in [0.2, 0.25) is 0 Å². The van der Waals surface area contributed by atoms with Gasteiger partial charge >= 0.3 is 5.97 Å². The summed E-state index contributed by atoms with van der Waals surface area (Å²) in [5, 5.41) is 3.24. The highest BCUT2D eigenvalue weighted by Gasteiger charge is 2.13. The lowest BCUT2D eigenvalue weighted by atomic mass is 10.2. The number of ether oxygens (including phenoxy) is 1. The van der Waals surface area contributed by atoms with Crippen molar-refractivity contribution in [2.75, 3.05) is 27.2 Å². The molecule has 0 aromatic heterocycles. The van der Waals surface area contributed by atoms with Crippen LogP contribution in [-0.4, -0.2) is 44.1 Å². The van der Waals surface area contributed by atoms with Gasteiger partial charge in [-0.25, -0.2) is 0 Å². The van der Waals surface area contributed by atoms with E-state index in [1.165, 1.54) is 12.7 Å². The number of benzene rings is 1. The number of aliphatic imine (C=N–C) groups is 1. The normalized spacial score (nSPS) is 12.1. The number of carbonyl (C=O) groups is 1. The summed E-state index contributed by atoms with van der Waals surface area (Å²) in [4.78, 5) is 18.0. The highest BCUT2D eigenvalue weighted by molar-refractivity contribution is 14.0. The van der Waals surface area contributed by atoms with E-state index >= 15 is 0 Å². The Hall–Kier alpha value is -0.830. The fourth-order valence-electron chi connectivity index (χ4n) is 1.91. The zero-order valence-corrected chi connectivity index (χ0v) is 17.9. The fourth-order valence-corrected chi connectivity index (χ4v) is 2.17. The third-order valence-corrected chi connectivity index (χ3v) is 3.68. The number of hydrogen-bond donors (Lipinski definition) is 1. The third-order valence-electron chi connectivity index (χ3n) is 3.15. The van der Waals surface area contributed by atoms with Crippen molar-refractivity contribution in [1.29, 1.82) is 0 Å². The molecule has 0 aliphatic carbocycles. The summed E-state index contributed by atoms with van der Waals surface area (Å²) in [7, 11) is 3.37. The van der Waals surface area contributed by atoms with E-state index in [1.807, 2.05) is 37.9 Å². The molecule has 0 spiro atoms. The second kappa shape index (κ2) is 11.7. The van der Waals surface area contributed by atoms with Crippen LogP contribution in [0.3, 0.4) is 0 Å². The molecule has 0 aliphatic rings. The number of guanidine groups is 1. The van der Waals surface area contributed by atoms with E-state index in [2.05, 4.69) is 38.4 Å². The molecule has 0 saturated carbocycles. The molecule has 1 atom stereocenters. The molecule has 0 bridgehead atoms. The van der Waals surface area contributed by atoms with Crippen molar-refractivity contribution in [3.05, 3.63) is 34.3 Å². The standard InChI is InChI=1S/C16H24BrN3O2.HI/c1-5-18-16(19-10-12(2)15(21)22-4)20(3)11-13-6-8-14(17)9-7-13;/h6-9,12H,5,10-11H2,1-4H3,(H,18,19);1H. The average Bonchev–Trinajstić information content (AvgIpc) is 2.52. The lowest BCUT2D eigenvalue weighted by Gasteiger charge is -2.22. The third kappa shape index (κ3) is 8.01. The number of nitrogens with one attached hydrogen (secondary N) is 1. The van der Waals surface area contributed by atoms with Crippen molar-refractivity contribution in [3.8, 4) is 0 Å². The van der Waals surface area contributed by atoms with Gasteiger partial charge in [0.05, 0.1) is 19.6 Å². The van der Waals surface area contributed by atoms with Gasteiger partial charge in [-0.15, -0.1) is 24.0 Å². The number of rotatable bonds is 6. The summed E-state index contributed by atoms with van der Waals surface area (Å²) in [5.74, 6) is 0.288. The predicted molar refractivity (Wildman–Crippen MR) is 108 cm³/mol. The Kier molecular flexibility index (Phi) is 11.2. The Labute approximate surface area is 164 Å². The van der Waals surface area contributed by atoms with Crippen LogP contribution in [0.15, 0.2) is 33.7 Å². The molecule has 0 heterocycles. The van der Waals surface area contributed by atoms with Crippen LogP contribution >= 0.6 is 39.9 Å². The number of halogens is 2. The Morgan fingerprint density at radius 1 is 1.39 bits per heavy atom. The molecule has 0 fully saturated rings. The number of methoxy groups -OCH3 is 1. The highest BCUT2D eigenvalue weighted by Crippen LogP contribution is 2.12.